The van der Waals surface area contributed by atoms with Gasteiger partial charge in [0.1, 0.15) is 17.6 Å². The SMILES string of the molecule is COc1ccc(CN(C(=O)O)C2=CCCC2Oc2c(C)ccc3c2C(=O)NC3=O)cc1. The number of methoxy groups -OCH3 is 1. The number of carbonyl (C=O) groups excluding carboxylic acids is 2. The first-order valence-corrected chi connectivity index (χ1v) is 9.88. The Hall–Kier alpha value is -3.81. The number of ether oxygens (including phenoxy) is 2. The number of amides is 3. The molecule has 0 bridgehead atoms. The molecule has 8 heteroatoms. The van der Waals surface area contributed by atoms with Crippen molar-refractivity contribution in [3.8, 4) is 11.5 Å². The van der Waals surface area contributed by atoms with Gasteiger partial charge < -0.3 is 14.6 Å². The van der Waals surface area contributed by atoms with Crippen LogP contribution in [-0.4, -0.2) is 41.1 Å². The fourth-order valence-corrected chi connectivity index (χ4v) is 3.88. The number of hydrogen-bond donors (Lipinski definition) is 2. The molecule has 0 saturated heterocycles. The number of nitrogens with zero attached hydrogens (tertiary/aromatic N) is 1. The number of benzene rings is 2. The van der Waals surface area contributed by atoms with Crippen LogP contribution in [0, 0.1) is 6.92 Å². The summed E-state index contributed by atoms with van der Waals surface area (Å²) in [5, 5.41) is 12.1. The van der Waals surface area contributed by atoms with Gasteiger partial charge in [-0.05, 0) is 49.1 Å². The van der Waals surface area contributed by atoms with Crippen LogP contribution in [0.15, 0.2) is 48.2 Å². The summed E-state index contributed by atoms with van der Waals surface area (Å²) in [5.41, 5.74) is 2.49. The molecule has 1 heterocycles. The molecule has 2 aliphatic rings. The highest BCUT2D eigenvalue weighted by atomic mass is 16.5. The monoisotopic (exact) mass is 422 g/mol. The maximum atomic E-state index is 12.3. The molecule has 0 saturated carbocycles. The van der Waals surface area contributed by atoms with Crippen molar-refractivity contribution in [2.45, 2.75) is 32.4 Å². The molecule has 1 atom stereocenters. The van der Waals surface area contributed by atoms with E-state index in [1.807, 2.05) is 18.2 Å². The fourth-order valence-electron chi connectivity index (χ4n) is 3.88. The number of fused-ring (bicyclic) bond motifs is 1. The Bertz CT molecular complexity index is 1090. The maximum Gasteiger partial charge on any atom is 0.411 e. The minimum atomic E-state index is -1.10. The molecule has 2 aromatic carbocycles. The van der Waals surface area contributed by atoms with Crippen molar-refractivity contribution in [2.75, 3.05) is 7.11 Å². The lowest BCUT2D eigenvalue weighted by molar-refractivity contribution is 0.0876. The minimum Gasteiger partial charge on any atom is -0.497 e. The molecule has 0 aromatic heterocycles. The Morgan fingerprint density at radius 3 is 2.58 bits per heavy atom. The summed E-state index contributed by atoms with van der Waals surface area (Å²) in [4.78, 5) is 37.6. The molecule has 2 N–H and O–H groups in total. The van der Waals surface area contributed by atoms with Crippen molar-refractivity contribution in [1.82, 2.24) is 10.2 Å². The molecule has 0 fully saturated rings. The molecular weight excluding hydrogens is 400 g/mol. The summed E-state index contributed by atoms with van der Waals surface area (Å²) >= 11 is 0. The van der Waals surface area contributed by atoms with Crippen molar-refractivity contribution < 1.29 is 29.0 Å². The summed E-state index contributed by atoms with van der Waals surface area (Å²) in [6, 6.07) is 10.5. The van der Waals surface area contributed by atoms with Crippen molar-refractivity contribution in [2.24, 2.45) is 0 Å². The van der Waals surface area contributed by atoms with Crippen LogP contribution in [0.5, 0.6) is 11.5 Å². The van der Waals surface area contributed by atoms with Gasteiger partial charge in [-0.3, -0.25) is 19.8 Å². The number of imide groups is 1. The van der Waals surface area contributed by atoms with Crippen molar-refractivity contribution in [1.29, 1.82) is 0 Å². The van der Waals surface area contributed by atoms with E-state index in [1.54, 1.807) is 38.3 Å². The number of allylic oxidation sites excluding steroid dienone is 1. The van der Waals surface area contributed by atoms with Gasteiger partial charge in [0.2, 0.25) is 0 Å². The number of carbonyl (C=O) groups is 3. The zero-order chi connectivity index (χ0) is 22.1. The van der Waals surface area contributed by atoms with Gasteiger partial charge in [-0.2, -0.15) is 0 Å². The van der Waals surface area contributed by atoms with Gasteiger partial charge in [-0.1, -0.05) is 24.3 Å². The molecule has 8 nitrogen and oxygen atoms in total. The smallest absolute Gasteiger partial charge is 0.411 e. The summed E-state index contributed by atoms with van der Waals surface area (Å²) in [5.74, 6) is 0.0378. The van der Waals surface area contributed by atoms with Gasteiger partial charge in [0, 0.05) is 0 Å². The van der Waals surface area contributed by atoms with E-state index in [9.17, 15) is 19.5 Å². The second-order valence-electron chi connectivity index (χ2n) is 7.45. The van der Waals surface area contributed by atoms with E-state index in [0.717, 1.165) is 5.56 Å². The first-order valence-electron chi connectivity index (χ1n) is 9.88. The quantitative estimate of drug-likeness (QED) is 0.691. The second-order valence-corrected chi connectivity index (χ2v) is 7.45. The predicted molar refractivity (Wildman–Crippen MR) is 111 cm³/mol. The molecule has 0 radical (unpaired) electrons. The fraction of sp³-hybridized carbons (Fsp3) is 0.261. The first kappa shape index (κ1) is 20.5. The van der Waals surface area contributed by atoms with Crippen LogP contribution in [0.1, 0.15) is 44.7 Å². The van der Waals surface area contributed by atoms with E-state index in [2.05, 4.69) is 5.32 Å². The van der Waals surface area contributed by atoms with Gasteiger partial charge in [-0.25, -0.2) is 4.79 Å². The number of rotatable bonds is 6. The molecule has 2 aromatic rings. The average Bonchev–Trinajstić information content (AvgIpc) is 3.32. The molecule has 1 aliphatic heterocycles. The topological polar surface area (TPSA) is 105 Å². The Morgan fingerprint density at radius 1 is 1.16 bits per heavy atom. The highest BCUT2D eigenvalue weighted by molar-refractivity contribution is 6.22. The van der Waals surface area contributed by atoms with Crippen molar-refractivity contribution in [3.05, 3.63) is 70.4 Å². The van der Waals surface area contributed by atoms with Crippen LogP contribution < -0.4 is 14.8 Å². The first-order chi connectivity index (χ1) is 14.9. The lowest BCUT2D eigenvalue weighted by Crippen LogP contribution is -2.35. The third-order valence-corrected chi connectivity index (χ3v) is 5.47. The Kier molecular flexibility index (Phi) is 5.37. The predicted octanol–water partition coefficient (Wildman–Crippen LogP) is 3.49. The van der Waals surface area contributed by atoms with Crippen LogP contribution >= 0.6 is 0 Å². The molecule has 1 aliphatic carbocycles. The number of hydrogen-bond acceptors (Lipinski definition) is 5. The van der Waals surface area contributed by atoms with Gasteiger partial charge in [-0.15, -0.1) is 0 Å². The summed E-state index contributed by atoms with van der Waals surface area (Å²) < 4.78 is 11.3. The Balaban J connectivity index is 1.60. The van der Waals surface area contributed by atoms with E-state index in [1.165, 1.54) is 4.90 Å². The molecule has 0 spiro atoms. The Morgan fingerprint density at radius 2 is 1.90 bits per heavy atom. The molecule has 160 valence electrons. The molecule has 3 amide bonds. The number of aryl methyl sites for hydroxylation is 1. The standard InChI is InChI=1S/C23H22N2O6/c1-13-6-11-16-19(22(27)24-21(16)26)20(13)31-18-5-3-4-17(18)25(23(28)29)12-14-7-9-15(30-2)10-8-14/h4,6-11,18H,3,5,12H2,1-2H3,(H,28,29)(H,24,26,27). The lowest BCUT2D eigenvalue weighted by Gasteiger charge is -2.27. The third kappa shape index (κ3) is 3.84. The molecule has 31 heavy (non-hydrogen) atoms. The number of carboxylic acid groups (broad SMARTS) is 1. The summed E-state index contributed by atoms with van der Waals surface area (Å²) in [7, 11) is 1.57. The van der Waals surface area contributed by atoms with E-state index >= 15 is 0 Å². The largest absolute Gasteiger partial charge is 0.497 e. The van der Waals surface area contributed by atoms with Crippen molar-refractivity contribution >= 4 is 17.9 Å². The van der Waals surface area contributed by atoms with Gasteiger partial charge in [0.05, 0.1) is 30.5 Å². The van der Waals surface area contributed by atoms with Gasteiger partial charge in [0.15, 0.2) is 0 Å². The average molecular weight is 422 g/mol. The highest BCUT2D eigenvalue weighted by Gasteiger charge is 2.35. The van der Waals surface area contributed by atoms with E-state index < -0.39 is 24.0 Å². The van der Waals surface area contributed by atoms with Crippen LogP contribution in [0.4, 0.5) is 4.79 Å². The van der Waals surface area contributed by atoms with E-state index in [-0.39, 0.29) is 17.7 Å². The lowest BCUT2D eigenvalue weighted by atomic mass is 10.0. The van der Waals surface area contributed by atoms with E-state index in [0.29, 0.717) is 35.6 Å². The molecule has 4 rings (SSSR count). The van der Waals surface area contributed by atoms with Crippen LogP contribution in [-0.2, 0) is 6.54 Å². The zero-order valence-electron chi connectivity index (χ0n) is 17.2. The van der Waals surface area contributed by atoms with Gasteiger partial charge in [0.25, 0.3) is 11.8 Å². The van der Waals surface area contributed by atoms with Crippen LogP contribution in [0.3, 0.4) is 0 Å². The van der Waals surface area contributed by atoms with E-state index in [4.69, 9.17) is 9.47 Å². The van der Waals surface area contributed by atoms with Crippen molar-refractivity contribution in [3.63, 3.8) is 0 Å². The van der Waals surface area contributed by atoms with Gasteiger partial charge >= 0.3 is 6.09 Å². The molecule has 1 unspecified atom stereocenters. The Labute approximate surface area is 179 Å². The van der Waals surface area contributed by atoms with Crippen LogP contribution in [0.25, 0.3) is 0 Å². The highest BCUT2D eigenvalue weighted by Crippen LogP contribution is 2.35. The molecular formula is C23H22N2O6. The number of nitrogens with one attached hydrogen (secondary N) is 1. The summed E-state index contributed by atoms with van der Waals surface area (Å²) in [6.07, 6.45) is 1.40. The van der Waals surface area contributed by atoms with Crippen LogP contribution in [0.2, 0.25) is 0 Å². The normalized spacial score (nSPS) is 17.1. The third-order valence-electron chi connectivity index (χ3n) is 5.47. The minimum absolute atomic E-state index is 0.149. The second kappa shape index (κ2) is 8.14. The maximum absolute atomic E-state index is 12.3. The zero-order valence-corrected chi connectivity index (χ0v) is 17.2. The summed E-state index contributed by atoms with van der Waals surface area (Å²) in [6.45, 7) is 1.94.